The standard InChI is InChI=1S/C16H13N3O2S/c17-11-13-5-7-14(8-6-13)22(20,21)10-9-19-12-18-15-3-1-2-4-16(15)19/h1-8,12H,9-10H2. The largest absolute Gasteiger partial charge is 0.330 e. The molecule has 0 bridgehead atoms. The Kier molecular flexibility index (Phi) is 3.65. The number of sulfone groups is 1. The Morgan fingerprint density at radius 2 is 1.82 bits per heavy atom. The second kappa shape index (κ2) is 5.62. The maximum atomic E-state index is 12.3. The average Bonchev–Trinajstić information content (AvgIpc) is 2.96. The molecule has 110 valence electrons. The first kappa shape index (κ1) is 14.3. The zero-order chi connectivity index (χ0) is 15.6. The summed E-state index contributed by atoms with van der Waals surface area (Å²) in [6.07, 6.45) is 1.65. The van der Waals surface area contributed by atoms with Crippen LogP contribution in [0.2, 0.25) is 0 Å². The molecule has 0 aliphatic carbocycles. The van der Waals surface area contributed by atoms with Gasteiger partial charge < -0.3 is 4.57 Å². The molecule has 0 unspecified atom stereocenters. The summed E-state index contributed by atoms with van der Waals surface area (Å²) in [5, 5.41) is 8.75. The highest BCUT2D eigenvalue weighted by Gasteiger charge is 2.15. The summed E-state index contributed by atoms with van der Waals surface area (Å²) < 4.78 is 26.5. The predicted molar refractivity (Wildman–Crippen MR) is 82.9 cm³/mol. The smallest absolute Gasteiger partial charge is 0.180 e. The molecule has 0 radical (unpaired) electrons. The Balaban J connectivity index is 1.81. The number of aryl methyl sites for hydroxylation is 1. The normalized spacial score (nSPS) is 11.4. The molecule has 0 N–H and O–H groups in total. The Bertz CT molecular complexity index is 951. The van der Waals surface area contributed by atoms with Crippen LogP contribution in [-0.4, -0.2) is 23.7 Å². The van der Waals surface area contributed by atoms with E-state index >= 15 is 0 Å². The summed E-state index contributed by atoms with van der Waals surface area (Å²) in [5.41, 5.74) is 2.20. The highest BCUT2D eigenvalue weighted by atomic mass is 32.2. The second-order valence-electron chi connectivity index (χ2n) is 4.88. The zero-order valence-corrected chi connectivity index (χ0v) is 12.5. The Hall–Kier alpha value is -2.65. The molecular weight excluding hydrogens is 298 g/mol. The van der Waals surface area contributed by atoms with Gasteiger partial charge in [0.25, 0.3) is 0 Å². The van der Waals surface area contributed by atoms with Crippen molar-refractivity contribution in [2.24, 2.45) is 0 Å². The molecule has 0 aliphatic rings. The number of nitrogens with zero attached hydrogens (tertiary/aromatic N) is 3. The molecule has 2 aromatic carbocycles. The van der Waals surface area contributed by atoms with Crippen molar-refractivity contribution >= 4 is 20.9 Å². The lowest BCUT2D eigenvalue weighted by Gasteiger charge is -2.06. The minimum absolute atomic E-state index is 0.0146. The van der Waals surface area contributed by atoms with Gasteiger partial charge in [0, 0.05) is 6.54 Å². The Morgan fingerprint density at radius 1 is 1.09 bits per heavy atom. The number of imidazole rings is 1. The number of hydrogen-bond donors (Lipinski definition) is 0. The summed E-state index contributed by atoms with van der Waals surface area (Å²) in [4.78, 5) is 4.48. The molecule has 1 aromatic heterocycles. The number of nitriles is 1. The summed E-state index contributed by atoms with van der Waals surface area (Å²) in [6.45, 7) is 0.336. The van der Waals surface area contributed by atoms with E-state index in [9.17, 15) is 8.42 Å². The summed E-state index contributed by atoms with van der Waals surface area (Å²) in [7, 11) is -3.39. The van der Waals surface area contributed by atoms with Crippen molar-refractivity contribution in [3.05, 3.63) is 60.4 Å². The van der Waals surface area contributed by atoms with Crippen LogP contribution in [0.4, 0.5) is 0 Å². The zero-order valence-electron chi connectivity index (χ0n) is 11.7. The van der Waals surface area contributed by atoms with Crippen molar-refractivity contribution in [1.82, 2.24) is 9.55 Å². The van der Waals surface area contributed by atoms with E-state index < -0.39 is 9.84 Å². The van der Waals surface area contributed by atoms with E-state index in [1.165, 1.54) is 24.3 Å². The van der Waals surface area contributed by atoms with Gasteiger partial charge in [0.15, 0.2) is 9.84 Å². The van der Waals surface area contributed by atoms with E-state index in [0.717, 1.165) is 11.0 Å². The Labute approximate surface area is 128 Å². The molecule has 0 amide bonds. The van der Waals surface area contributed by atoms with Crippen LogP contribution < -0.4 is 0 Å². The third-order valence-electron chi connectivity index (χ3n) is 3.47. The van der Waals surface area contributed by atoms with Crippen LogP contribution in [0.1, 0.15) is 5.56 Å². The van der Waals surface area contributed by atoms with E-state index in [4.69, 9.17) is 5.26 Å². The molecule has 0 fully saturated rings. The fourth-order valence-corrected chi connectivity index (χ4v) is 3.49. The highest BCUT2D eigenvalue weighted by Crippen LogP contribution is 2.15. The van der Waals surface area contributed by atoms with Gasteiger partial charge in [-0.25, -0.2) is 13.4 Å². The molecule has 6 heteroatoms. The highest BCUT2D eigenvalue weighted by molar-refractivity contribution is 7.91. The van der Waals surface area contributed by atoms with Crippen LogP contribution in [-0.2, 0) is 16.4 Å². The molecule has 5 nitrogen and oxygen atoms in total. The van der Waals surface area contributed by atoms with Gasteiger partial charge in [-0.2, -0.15) is 5.26 Å². The average molecular weight is 311 g/mol. The predicted octanol–water partition coefficient (Wildman–Crippen LogP) is 2.38. The van der Waals surface area contributed by atoms with Crippen molar-refractivity contribution in [1.29, 1.82) is 5.26 Å². The quantitative estimate of drug-likeness (QED) is 0.741. The van der Waals surface area contributed by atoms with E-state index in [1.807, 2.05) is 34.9 Å². The van der Waals surface area contributed by atoms with Gasteiger partial charge in [-0.15, -0.1) is 0 Å². The molecule has 0 aliphatic heterocycles. The fourth-order valence-electron chi connectivity index (χ4n) is 2.26. The number of para-hydroxylation sites is 2. The molecule has 0 saturated heterocycles. The lowest BCUT2D eigenvalue weighted by atomic mass is 10.2. The lowest BCUT2D eigenvalue weighted by molar-refractivity contribution is 0.590. The first-order valence-electron chi connectivity index (χ1n) is 6.73. The van der Waals surface area contributed by atoms with Gasteiger partial charge in [0.05, 0.1) is 39.6 Å². The number of benzene rings is 2. The van der Waals surface area contributed by atoms with E-state index in [1.54, 1.807) is 6.33 Å². The van der Waals surface area contributed by atoms with E-state index in [-0.39, 0.29) is 10.6 Å². The van der Waals surface area contributed by atoms with Gasteiger partial charge in [0.2, 0.25) is 0 Å². The fraction of sp³-hybridized carbons (Fsp3) is 0.125. The summed E-state index contributed by atoms with van der Waals surface area (Å²) in [6, 6.07) is 15.5. The van der Waals surface area contributed by atoms with Crippen molar-refractivity contribution in [2.45, 2.75) is 11.4 Å². The van der Waals surface area contributed by atoms with E-state index in [0.29, 0.717) is 12.1 Å². The number of hydrogen-bond acceptors (Lipinski definition) is 4. The van der Waals surface area contributed by atoms with Gasteiger partial charge in [-0.05, 0) is 36.4 Å². The van der Waals surface area contributed by atoms with Crippen LogP contribution >= 0.6 is 0 Å². The molecule has 22 heavy (non-hydrogen) atoms. The maximum absolute atomic E-state index is 12.3. The minimum atomic E-state index is -3.39. The summed E-state index contributed by atoms with van der Waals surface area (Å²) >= 11 is 0. The maximum Gasteiger partial charge on any atom is 0.180 e. The first-order chi connectivity index (χ1) is 10.6. The number of aromatic nitrogens is 2. The van der Waals surface area contributed by atoms with Crippen LogP contribution in [0.3, 0.4) is 0 Å². The van der Waals surface area contributed by atoms with Crippen LogP contribution in [0.25, 0.3) is 11.0 Å². The second-order valence-corrected chi connectivity index (χ2v) is 6.99. The summed E-state index contributed by atoms with van der Waals surface area (Å²) in [5.74, 6) is -0.0146. The first-order valence-corrected chi connectivity index (χ1v) is 8.38. The van der Waals surface area contributed by atoms with Crippen LogP contribution in [0, 0.1) is 11.3 Å². The Morgan fingerprint density at radius 3 is 2.55 bits per heavy atom. The lowest BCUT2D eigenvalue weighted by Crippen LogP contribution is -2.12. The topological polar surface area (TPSA) is 75.8 Å². The van der Waals surface area contributed by atoms with Gasteiger partial charge >= 0.3 is 0 Å². The molecule has 0 spiro atoms. The van der Waals surface area contributed by atoms with Crippen molar-refractivity contribution < 1.29 is 8.42 Å². The monoisotopic (exact) mass is 311 g/mol. The van der Waals surface area contributed by atoms with Gasteiger partial charge in [-0.3, -0.25) is 0 Å². The number of fused-ring (bicyclic) bond motifs is 1. The molecule has 3 aromatic rings. The molecule has 0 atom stereocenters. The van der Waals surface area contributed by atoms with Crippen LogP contribution in [0.5, 0.6) is 0 Å². The molecule has 3 rings (SSSR count). The number of rotatable bonds is 4. The third kappa shape index (κ3) is 2.71. The van der Waals surface area contributed by atoms with Gasteiger partial charge in [0.1, 0.15) is 0 Å². The van der Waals surface area contributed by atoms with Crippen molar-refractivity contribution in [3.8, 4) is 6.07 Å². The van der Waals surface area contributed by atoms with Gasteiger partial charge in [-0.1, -0.05) is 12.1 Å². The van der Waals surface area contributed by atoms with Crippen molar-refractivity contribution in [3.63, 3.8) is 0 Å². The van der Waals surface area contributed by atoms with Crippen molar-refractivity contribution in [2.75, 3.05) is 5.75 Å². The van der Waals surface area contributed by atoms with Crippen LogP contribution in [0.15, 0.2) is 59.8 Å². The molecule has 1 heterocycles. The minimum Gasteiger partial charge on any atom is -0.330 e. The van der Waals surface area contributed by atoms with E-state index in [2.05, 4.69) is 4.98 Å². The third-order valence-corrected chi connectivity index (χ3v) is 5.18. The SMILES string of the molecule is N#Cc1ccc(S(=O)(=O)CCn2cnc3ccccc32)cc1. The molecule has 0 saturated carbocycles. The molecular formula is C16H13N3O2S.